The van der Waals surface area contributed by atoms with Crippen molar-refractivity contribution in [2.45, 2.75) is 25.3 Å². The second-order valence-electron chi connectivity index (χ2n) is 8.89. The number of aromatic nitrogens is 1. The van der Waals surface area contributed by atoms with Crippen molar-refractivity contribution >= 4 is 34.3 Å². The summed E-state index contributed by atoms with van der Waals surface area (Å²) in [6.07, 6.45) is -6.47. The fourth-order valence-electron chi connectivity index (χ4n) is 3.90. The molecule has 2 aromatic carbocycles. The number of carboxylic acid groups (broad SMARTS) is 2. The largest absolute Gasteiger partial charge is 0.490 e. The fraction of sp³-hybridized carbons (Fsp3) is 0.308. The Balaban J connectivity index is 0.000000384. The lowest BCUT2D eigenvalue weighted by Gasteiger charge is -2.37. The number of piperazine rings is 1. The molecule has 0 saturated carbocycles. The van der Waals surface area contributed by atoms with E-state index >= 15 is 0 Å². The summed E-state index contributed by atoms with van der Waals surface area (Å²) in [4.78, 5) is 38.7. The smallest absolute Gasteiger partial charge is 0.475 e. The number of anilines is 1. The van der Waals surface area contributed by atoms with Gasteiger partial charge in [-0.25, -0.2) is 18.4 Å². The number of aryl methyl sites for hydroxylation is 1. The van der Waals surface area contributed by atoms with Gasteiger partial charge < -0.3 is 25.7 Å². The van der Waals surface area contributed by atoms with E-state index in [-0.39, 0.29) is 11.5 Å². The molecular formula is C26H24F8N4O5. The first-order valence-corrected chi connectivity index (χ1v) is 12.0. The molecule has 1 saturated heterocycles. The molecule has 1 amide bonds. The second kappa shape index (κ2) is 14.1. The van der Waals surface area contributed by atoms with Gasteiger partial charge in [-0.3, -0.25) is 9.78 Å². The van der Waals surface area contributed by atoms with Gasteiger partial charge in [0, 0.05) is 66.7 Å². The van der Waals surface area contributed by atoms with Crippen molar-refractivity contribution in [1.29, 1.82) is 0 Å². The molecule has 1 atom stereocenters. The number of halogens is 8. The molecule has 2 heterocycles. The van der Waals surface area contributed by atoms with E-state index in [2.05, 4.69) is 16.0 Å². The Kier molecular flexibility index (Phi) is 11.4. The van der Waals surface area contributed by atoms with E-state index in [4.69, 9.17) is 25.5 Å². The van der Waals surface area contributed by atoms with Crippen LogP contribution < -0.4 is 10.6 Å². The molecule has 1 aliphatic rings. The van der Waals surface area contributed by atoms with Gasteiger partial charge in [0.25, 0.3) is 0 Å². The fourth-order valence-corrected chi connectivity index (χ4v) is 3.90. The van der Waals surface area contributed by atoms with Crippen molar-refractivity contribution in [2.75, 3.05) is 31.1 Å². The number of carbonyl (C=O) groups is 3. The van der Waals surface area contributed by atoms with Crippen LogP contribution in [0.25, 0.3) is 10.8 Å². The molecule has 1 aliphatic heterocycles. The molecule has 3 aromatic rings. The lowest BCUT2D eigenvalue weighted by Crippen LogP contribution is -2.51. The van der Waals surface area contributed by atoms with Crippen molar-refractivity contribution in [3.05, 3.63) is 71.6 Å². The SMILES string of the molecule is Cc1cncc2cccc(N3CCN(C(=O)C(N)c4ccc(F)cc4F)CC3)c12.O=C(O)C(F)(F)F.O=C(O)C(F)(F)F. The number of nitrogens with two attached hydrogens (primary N) is 1. The number of alkyl halides is 6. The summed E-state index contributed by atoms with van der Waals surface area (Å²) in [5.41, 5.74) is 8.21. The van der Waals surface area contributed by atoms with Gasteiger partial charge in [-0.2, -0.15) is 26.3 Å². The molecule has 9 nitrogen and oxygen atoms in total. The van der Waals surface area contributed by atoms with E-state index in [1.165, 1.54) is 6.07 Å². The molecule has 0 spiro atoms. The van der Waals surface area contributed by atoms with E-state index < -0.39 is 42.0 Å². The highest BCUT2D eigenvalue weighted by molar-refractivity contribution is 5.96. The van der Waals surface area contributed by atoms with E-state index in [0.29, 0.717) is 26.2 Å². The monoisotopic (exact) mass is 624 g/mol. The topological polar surface area (TPSA) is 137 Å². The predicted octanol–water partition coefficient (Wildman–Crippen LogP) is 4.44. The number of nitrogens with zero attached hydrogens (tertiary/aromatic N) is 3. The van der Waals surface area contributed by atoms with Gasteiger partial charge in [0.1, 0.15) is 17.7 Å². The zero-order valence-corrected chi connectivity index (χ0v) is 22.1. The maximum absolute atomic E-state index is 14.0. The van der Waals surface area contributed by atoms with Gasteiger partial charge in [-0.15, -0.1) is 0 Å². The number of fused-ring (bicyclic) bond motifs is 1. The number of hydrogen-bond donors (Lipinski definition) is 3. The van der Waals surface area contributed by atoms with Gasteiger partial charge in [0.2, 0.25) is 5.91 Å². The Labute approximate surface area is 238 Å². The van der Waals surface area contributed by atoms with Crippen LogP contribution in [0.3, 0.4) is 0 Å². The summed E-state index contributed by atoms with van der Waals surface area (Å²) in [6, 6.07) is 8.06. The highest BCUT2D eigenvalue weighted by Crippen LogP contribution is 2.30. The lowest BCUT2D eigenvalue weighted by molar-refractivity contribution is -0.193. The molecule has 234 valence electrons. The molecule has 0 radical (unpaired) electrons. The summed E-state index contributed by atoms with van der Waals surface area (Å²) in [6.45, 7) is 4.29. The second-order valence-corrected chi connectivity index (χ2v) is 8.89. The Bertz CT molecular complexity index is 1430. The molecule has 0 bridgehead atoms. The van der Waals surface area contributed by atoms with Crippen molar-refractivity contribution in [3.8, 4) is 0 Å². The third kappa shape index (κ3) is 9.49. The van der Waals surface area contributed by atoms with E-state index in [1.54, 1.807) is 4.90 Å². The first kappa shape index (κ1) is 34.7. The lowest BCUT2D eigenvalue weighted by atomic mass is 10.0. The molecule has 17 heteroatoms. The van der Waals surface area contributed by atoms with Crippen LogP contribution in [0.5, 0.6) is 0 Å². The van der Waals surface area contributed by atoms with Crippen LogP contribution in [-0.4, -0.2) is 76.5 Å². The number of rotatable bonds is 3. The molecule has 4 rings (SSSR count). The van der Waals surface area contributed by atoms with Gasteiger partial charge in [0.05, 0.1) is 0 Å². The van der Waals surface area contributed by atoms with E-state index in [9.17, 15) is 39.9 Å². The van der Waals surface area contributed by atoms with E-state index in [0.717, 1.165) is 34.2 Å². The zero-order chi connectivity index (χ0) is 32.7. The van der Waals surface area contributed by atoms with Gasteiger partial charge in [-0.1, -0.05) is 18.2 Å². The first-order valence-electron chi connectivity index (χ1n) is 12.0. The summed E-state index contributed by atoms with van der Waals surface area (Å²) >= 11 is 0. The maximum atomic E-state index is 14.0. The summed E-state index contributed by atoms with van der Waals surface area (Å²) in [5.74, 6) is -7.36. The first-order chi connectivity index (χ1) is 19.8. The van der Waals surface area contributed by atoms with Crippen LogP contribution in [0.1, 0.15) is 17.2 Å². The number of aliphatic carboxylic acids is 2. The van der Waals surface area contributed by atoms with Gasteiger partial charge in [0.15, 0.2) is 0 Å². The molecule has 1 aromatic heterocycles. The minimum Gasteiger partial charge on any atom is -0.475 e. The number of pyridine rings is 1. The highest BCUT2D eigenvalue weighted by Gasteiger charge is 2.39. The third-order valence-corrected chi connectivity index (χ3v) is 5.93. The van der Waals surface area contributed by atoms with E-state index in [1.807, 2.05) is 31.5 Å². The van der Waals surface area contributed by atoms with Crippen molar-refractivity contribution in [2.24, 2.45) is 5.73 Å². The van der Waals surface area contributed by atoms with Crippen LogP contribution in [0.2, 0.25) is 0 Å². The molecule has 0 aliphatic carbocycles. The Morgan fingerprint density at radius 3 is 1.91 bits per heavy atom. The number of carboxylic acids is 2. The van der Waals surface area contributed by atoms with Gasteiger partial charge in [-0.05, 0) is 24.6 Å². The Hall–Kier alpha value is -4.54. The molecule has 1 fully saturated rings. The quantitative estimate of drug-likeness (QED) is 0.364. The molecule has 43 heavy (non-hydrogen) atoms. The number of amides is 1. The summed E-state index contributed by atoms with van der Waals surface area (Å²) < 4.78 is 90.6. The Morgan fingerprint density at radius 1 is 0.884 bits per heavy atom. The van der Waals surface area contributed by atoms with Crippen molar-refractivity contribution in [3.63, 3.8) is 0 Å². The standard InChI is InChI=1S/C22H22F2N4O.2C2HF3O2/c1-14-12-26-13-15-3-2-4-19(20(14)15)27-7-9-28(10-8-27)22(29)21(25)17-6-5-16(23)11-18(17)24;2*3-2(4,5)1(6)7/h2-6,11-13,21H,7-10,25H2,1H3;2*(H,6,7). The zero-order valence-electron chi connectivity index (χ0n) is 22.1. The third-order valence-electron chi connectivity index (χ3n) is 5.93. The summed E-state index contributed by atoms with van der Waals surface area (Å²) in [7, 11) is 0. The van der Waals surface area contributed by atoms with Crippen LogP contribution in [0.4, 0.5) is 40.8 Å². The van der Waals surface area contributed by atoms with Gasteiger partial charge >= 0.3 is 24.3 Å². The number of carbonyl (C=O) groups excluding carboxylic acids is 1. The molecule has 4 N–H and O–H groups in total. The molecular weight excluding hydrogens is 600 g/mol. The Morgan fingerprint density at radius 2 is 1.42 bits per heavy atom. The minimum atomic E-state index is -5.08. The van der Waals surface area contributed by atoms with Crippen LogP contribution >= 0.6 is 0 Å². The number of hydrogen-bond acceptors (Lipinski definition) is 6. The normalized spacial score (nSPS) is 14.2. The minimum absolute atomic E-state index is 0.0102. The van der Waals surface area contributed by atoms with Crippen LogP contribution in [0, 0.1) is 18.6 Å². The average Bonchev–Trinajstić information content (AvgIpc) is 2.92. The van der Waals surface area contributed by atoms with Crippen LogP contribution in [0.15, 0.2) is 48.8 Å². The maximum Gasteiger partial charge on any atom is 0.490 e. The average molecular weight is 624 g/mol. The van der Waals surface area contributed by atoms with Crippen LogP contribution in [-0.2, 0) is 14.4 Å². The summed E-state index contributed by atoms with van der Waals surface area (Å²) in [5, 5.41) is 16.5. The van der Waals surface area contributed by atoms with Crippen molar-refractivity contribution in [1.82, 2.24) is 9.88 Å². The van der Waals surface area contributed by atoms with Crippen molar-refractivity contribution < 1.29 is 59.7 Å². The predicted molar refractivity (Wildman–Crippen MR) is 136 cm³/mol. The highest BCUT2D eigenvalue weighted by atomic mass is 19.4. The molecule has 1 unspecified atom stereocenters. The number of benzene rings is 2.